The maximum atomic E-state index is 13.9. The van der Waals surface area contributed by atoms with E-state index < -0.39 is 5.67 Å². The number of alkyl halides is 1. The van der Waals surface area contributed by atoms with Gasteiger partial charge in [0.1, 0.15) is 5.67 Å². The summed E-state index contributed by atoms with van der Waals surface area (Å²) in [4.78, 5) is 2.26. The third-order valence-corrected chi connectivity index (χ3v) is 3.68. The van der Waals surface area contributed by atoms with Gasteiger partial charge in [0.2, 0.25) is 0 Å². The number of aliphatic hydroxyl groups is 1. The number of likely N-dealkylation sites (tertiary alicyclic amines) is 1. The summed E-state index contributed by atoms with van der Waals surface area (Å²) in [6.07, 6.45) is 6.46. The van der Waals surface area contributed by atoms with E-state index in [0.29, 0.717) is 19.0 Å². The molecule has 2 rings (SSSR count). The Morgan fingerprint density at radius 3 is 2.64 bits per heavy atom. The minimum Gasteiger partial charge on any atom is -0.393 e. The third kappa shape index (κ3) is 2.09. The zero-order valence-electron chi connectivity index (χ0n) is 8.71. The summed E-state index contributed by atoms with van der Waals surface area (Å²) >= 11 is 0. The standard InChI is InChI=1S/C11H20FNO/c12-11(9-14)6-3-7-13(8-11)10-4-1-2-5-10/h10,14H,1-9H2/t11-/m1/s1. The van der Waals surface area contributed by atoms with Crippen LogP contribution < -0.4 is 0 Å². The normalized spacial score (nSPS) is 36.4. The van der Waals surface area contributed by atoms with E-state index in [4.69, 9.17) is 5.11 Å². The second-order valence-corrected chi connectivity index (χ2v) is 4.82. The number of nitrogens with zero attached hydrogens (tertiary/aromatic N) is 1. The highest BCUT2D eigenvalue weighted by Gasteiger charge is 2.37. The van der Waals surface area contributed by atoms with Gasteiger partial charge in [-0.25, -0.2) is 4.39 Å². The molecule has 2 aliphatic rings. The topological polar surface area (TPSA) is 23.5 Å². The molecule has 1 N–H and O–H groups in total. The number of aliphatic hydroxyl groups excluding tert-OH is 1. The minimum absolute atomic E-state index is 0.309. The number of halogens is 1. The Hall–Kier alpha value is -0.150. The molecule has 0 spiro atoms. The van der Waals surface area contributed by atoms with Crippen LogP contribution in [0.1, 0.15) is 38.5 Å². The SMILES string of the molecule is OC[C@@]1(F)CCCN(C2CCCC2)C1. The molecule has 0 aromatic carbocycles. The zero-order valence-corrected chi connectivity index (χ0v) is 8.71. The summed E-state index contributed by atoms with van der Waals surface area (Å²) in [5.74, 6) is 0. The van der Waals surface area contributed by atoms with E-state index in [9.17, 15) is 4.39 Å². The van der Waals surface area contributed by atoms with Crippen molar-refractivity contribution < 1.29 is 9.50 Å². The van der Waals surface area contributed by atoms with E-state index in [1.165, 1.54) is 25.7 Å². The average molecular weight is 201 g/mol. The minimum atomic E-state index is -1.32. The van der Waals surface area contributed by atoms with Crippen LogP contribution in [-0.2, 0) is 0 Å². The smallest absolute Gasteiger partial charge is 0.146 e. The number of rotatable bonds is 2. The van der Waals surface area contributed by atoms with Crippen molar-refractivity contribution in [2.45, 2.75) is 50.2 Å². The molecule has 1 aliphatic carbocycles. The molecule has 82 valence electrons. The van der Waals surface area contributed by atoms with Crippen LogP contribution in [0.15, 0.2) is 0 Å². The van der Waals surface area contributed by atoms with Gasteiger partial charge in [-0.1, -0.05) is 12.8 Å². The molecule has 2 fully saturated rings. The van der Waals surface area contributed by atoms with Crippen LogP contribution in [0.5, 0.6) is 0 Å². The molecule has 1 heterocycles. The lowest BCUT2D eigenvalue weighted by atomic mass is 9.94. The Labute approximate surface area is 85.1 Å². The summed E-state index contributed by atoms with van der Waals surface area (Å²) in [7, 11) is 0. The lowest BCUT2D eigenvalue weighted by Gasteiger charge is -2.39. The highest BCUT2D eigenvalue weighted by molar-refractivity contribution is 4.90. The van der Waals surface area contributed by atoms with Crippen LogP contribution in [0.4, 0.5) is 4.39 Å². The van der Waals surface area contributed by atoms with Gasteiger partial charge in [0.15, 0.2) is 0 Å². The van der Waals surface area contributed by atoms with E-state index >= 15 is 0 Å². The van der Waals surface area contributed by atoms with Crippen LogP contribution >= 0.6 is 0 Å². The predicted molar refractivity (Wildman–Crippen MR) is 54.0 cm³/mol. The van der Waals surface area contributed by atoms with Gasteiger partial charge in [-0.15, -0.1) is 0 Å². The number of hydrogen-bond acceptors (Lipinski definition) is 2. The first kappa shape index (κ1) is 10.4. The maximum absolute atomic E-state index is 13.9. The first-order valence-electron chi connectivity index (χ1n) is 5.77. The molecular weight excluding hydrogens is 181 g/mol. The highest BCUT2D eigenvalue weighted by atomic mass is 19.1. The van der Waals surface area contributed by atoms with Gasteiger partial charge in [0.25, 0.3) is 0 Å². The fourth-order valence-corrected chi connectivity index (χ4v) is 2.83. The fourth-order valence-electron chi connectivity index (χ4n) is 2.83. The molecule has 0 aromatic heterocycles. The van der Waals surface area contributed by atoms with Gasteiger partial charge >= 0.3 is 0 Å². The summed E-state index contributed by atoms with van der Waals surface area (Å²) in [6, 6.07) is 0.594. The maximum Gasteiger partial charge on any atom is 0.146 e. The lowest BCUT2D eigenvalue weighted by Crippen LogP contribution is -2.50. The van der Waals surface area contributed by atoms with E-state index in [0.717, 1.165) is 13.0 Å². The molecule has 1 atom stereocenters. The summed E-state index contributed by atoms with van der Waals surface area (Å²) < 4.78 is 13.9. The Morgan fingerprint density at radius 2 is 2.00 bits per heavy atom. The van der Waals surface area contributed by atoms with Crippen molar-refractivity contribution in [3.8, 4) is 0 Å². The second-order valence-electron chi connectivity index (χ2n) is 4.82. The van der Waals surface area contributed by atoms with Crippen LogP contribution in [0.3, 0.4) is 0 Å². The van der Waals surface area contributed by atoms with Crippen LogP contribution in [0.2, 0.25) is 0 Å². The van der Waals surface area contributed by atoms with Gasteiger partial charge in [-0.05, 0) is 32.2 Å². The Kier molecular flexibility index (Phi) is 3.07. The van der Waals surface area contributed by atoms with Crippen molar-refractivity contribution in [3.63, 3.8) is 0 Å². The first-order chi connectivity index (χ1) is 6.73. The van der Waals surface area contributed by atoms with Gasteiger partial charge in [-0.2, -0.15) is 0 Å². The molecule has 3 heteroatoms. The zero-order chi connectivity index (χ0) is 10.0. The lowest BCUT2D eigenvalue weighted by molar-refractivity contribution is -0.0152. The summed E-state index contributed by atoms with van der Waals surface area (Å²) in [6.45, 7) is 1.17. The Morgan fingerprint density at radius 1 is 1.29 bits per heavy atom. The molecule has 14 heavy (non-hydrogen) atoms. The van der Waals surface area contributed by atoms with Crippen molar-refractivity contribution in [2.24, 2.45) is 0 Å². The van der Waals surface area contributed by atoms with Crippen molar-refractivity contribution >= 4 is 0 Å². The molecule has 0 unspecified atom stereocenters. The summed E-state index contributed by atoms with van der Waals surface area (Å²) in [5, 5.41) is 9.01. The van der Waals surface area contributed by atoms with Gasteiger partial charge in [0, 0.05) is 12.6 Å². The summed E-state index contributed by atoms with van der Waals surface area (Å²) in [5.41, 5.74) is -1.32. The molecule has 2 nitrogen and oxygen atoms in total. The molecule has 1 saturated carbocycles. The third-order valence-electron chi connectivity index (χ3n) is 3.68. The molecule has 1 saturated heterocycles. The predicted octanol–water partition coefficient (Wildman–Crippen LogP) is 1.73. The van der Waals surface area contributed by atoms with Gasteiger partial charge < -0.3 is 5.11 Å². The van der Waals surface area contributed by atoms with Gasteiger partial charge in [-0.3, -0.25) is 4.90 Å². The fraction of sp³-hybridized carbons (Fsp3) is 1.00. The van der Waals surface area contributed by atoms with Crippen molar-refractivity contribution in [2.75, 3.05) is 19.7 Å². The molecule has 0 amide bonds. The van der Waals surface area contributed by atoms with Gasteiger partial charge in [0.05, 0.1) is 6.61 Å². The van der Waals surface area contributed by atoms with E-state index in [1.807, 2.05) is 0 Å². The van der Waals surface area contributed by atoms with Crippen LogP contribution in [0, 0.1) is 0 Å². The van der Waals surface area contributed by atoms with Crippen LogP contribution in [0.25, 0.3) is 0 Å². The largest absolute Gasteiger partial charge is 0.393 e. The monoisotopic (exact) mass is 201 g/mol. The first-order valence-corrected chi connectivity index (χ1v) is 5.77. The number of piperidine rings is 1. The average Bonchev–Trinajstić information content (AvgIpc) is 2.71. The second kappa shape index (κ2) is 4.15. The Bertz CT molecular complexity index is 194. The quantitative estimate of drug-likeness (QED) is 0.735. The van der Waals surface area contributed by atoms with Crippen molar-refractivity contribution in [1.82, 2.24) is 4.90 Å². The van der Waals surface area contributed by atoms with Crippen molar-refractivity contribution in [1.29, 1.82) is 0 Å². The Balaban J connectivity index is 1.93. The highest BCUT2D eigenvalue weighted by Crippen LogP contribution is 2.31. The molecule has 0 aromatic rings. The van der Waals surface area contributed by atoms with E-state index in [2.05, 4.69) is 4.90 Å². The van der Waals surface area contributed by atoms with Crippen molar-refractivity contribution in [3.05, 3.63) is 0 Å². The molecule has 0 radical (unpaired) electrons. The van der Waals surface area contributed by atoms with Crippen LogP contribution in [-0.4, -0.2) is 41.4 Å². The number of hydrogen-bond donors (Lipinski definition) is 1. The van der Waals surface area contributed by atoms with E-state index in [-0.39, 0.29) is 6.61 Å². The molecule has 0 bridgehead atoms. The van der Waals surface area contributed by atoms with E-state index in [1.54, 1.807) is 0 Å². The molecular formula is C11H20FNO. The molecule has 1 aliphatic heterocycles.